The summed E-state index contributed by atoms with van der Waals surface area (Å²) in [4.78, 5) is 27.9. The summed E-state index contributed by atoms with van der Waals surface area (Å²) in [5, 5.41) is 12.3. The van der Waals surface area contributed by atoms with Crippen LogP contribution in [0.2, 0.25) is 5.02 Å². The molecule has 0 saturated carbocycles. The summed E-state index contributed by atoms with van der Waals surface area (Å²) < 4.78 is 5.43. The number of carboxylic acids is 1. The van der Waals surface area contributed by atoms with Gasteiger partial charge < -0.3 is 15.2 Å². The second-order valence-electron chi connectivity index (χ2n) is 7.03. The molecule has 0 fully saturated rings. The van der Waals surface area contributed by atoms with Gasteiger partial charge in [0.2, 0.25) is 0 Å². The topological polar surface area (TPSA) is 88.5 Å². The van der Waals surface area contributed by atoms with Crippen molar-refractivity contribution in [1.82, 2.24) is 10.3 Å². The number of rotatable bonds is 6. The number of nitrogens with zero attached hydrogens (tertiary/aromatic N) is 1. The minimum absolute atomic E-state index is 0.0287. The van der Waals surface area contributed by atoms with E-state index in [-0.39, 0.29) is 18.9 Å². The van der Waals surface area contributed by atoms with E-state index in [1.807, 2.05) is 48.5 Å². The molecular weight excluding hydrogens is 404 g/mol. The third-order valence-corrected chi connectivity index (χ3v) is 5.55. The highest BCUT2D eigenvalue weighted by Gasteiger charge is 2.29. The Morgan fingerprint density at radius 1 is 1.07 bits per heavy atom. The minimum atomic E-state index is -1.17. The van der Waals surface area contributed by atoms with Crippen LogP contribution in [-0.2, 0) is 16.0 Å². The van der Waals surface area contributed by atoms with Crippen LogP contribution in [0.5, 0.6) is 0 Å². The summed E-state index contributed by atoms with van der Waals surface area (Å²) in [5.74, 6) is -1.27. The molecule has 1 aromatic heterocycles. The molecule has 3 aromatic rings. The molecule has 2 N–H and O–H groups in total. The van der Waals surface area contributed by atoms with Crippen molar-refractivity contribution >= 4 is 23.7 Å². The molecule has 0 spiro atoms. The predicted molar refractivity (Wildman–Crippen MR) is 113 cm³/mol. The Bertz CT molecular complexity index is 1060. The first-order chi connectivity index (χ1) is 14.5. The summed E-state index contributed by atoms with van der Waals surface area (Å²) in [5.41, 5.74) is 5.00. The lowest BCUT2D eigenvalue weighted by molar-refractivity contribution is -0.139. The predicted octanol–water partition coefficient (Wildman–Crippen LogP) is 4.27. The fourth-order valence-electron chi connectivity index (χ4n) is 3.77. The quantitative estimate of drug-likeness (QED) is 0.619. The number of ether oxygens (including phenoxy) is 1. The van der Waals surface area contributed by atoms with E-state index in [9.17, 15) is 14.7 Å². The van der Waals surface area contributed by atoms with Gasteiger partial charge in [-0.1, -0.05) is 60.1 Å². The number of carbonyl (C=O) groups is 2. The van der Waals surface area contributed by atoms with Crippen LogP contribution >= 0.6 is 11.6 Å². The fraction of sp³-hybridized carbons (Fsp3) is 0.174. The maximum Gasteiger partial charge on any atom is 0.407 e. The molecule has 6 nitrogen and oxygen atoms in total. The fourth-order valence-corrected chi connectivity index (χ4v) is 3.97. The number of hydrogen-bond acceptors (Lipinski definition) is 4. The number of aliphatic carboxylic acids is 1. The van der Waals surface area contributed by atoms with Crippen LogP contribution in [0.15, 0.2) is 67.0 Å². The van der Waals surface area contributed by atoms with Crippen LogP contribution in [0.25, 0.3) is 11.1 Å². The Labute approximate surface area is 178 Å². The first-order valence-corrected chi connectivity index (χ1v) is 9.85. The van der Waals surface area contributed by atoms with Crippen LogP contribution in [0, 0.1) is 0 Å². The maximum absolute atomic E-state index is 12.4. The smallest absolute Gasteiger partial charge is 0.407 e. The van der Waals surface area contributed by atoms with Crippen molar-refractivity contribution in [3.05, 3.63) is 88.7 Å². The van der Waals surface area contributed by atoms with Crippen LogP contribution in [0.1, 0.15) is 22.6 Å². The number of alkyl carbamates (subject to hydrolysis) is 1. The number of carbonyl (C=O) groups excluding carboxylic acids is 1. The molecule has 0 aliphatic heterocycles. The van der Waals surface area contributed by atoms with Gasteiger partial charge in [-0.25, -0.2) is 9.59 Å². The van der Waals surface area contributed by atoms with Gasteiger partial charge in [-0.2, -0.15) is 0 Å². The van der Waals surface area contributed by atoms with Gasteiger partial charge in [0.25, 0.3) is 0 Å². The molecule has 0 bridgehead atoms. The van der Waals surface area contributed by atoms with E-state index in [1.54, 1.807) is 6.07 Å². The highest BCUT2D eigenvalue weighted by molar-refractivity contribution is 6.31. The van der Waals surface area contributed by atoms with E-state index in [2.05, 4.69) is 10.3 Å². The Kier molecular flexibility index (Phi) is 5.68. The van der Waals surface area contributed by atoms with Crippen molar-refractivity contribution in [1.29, 1.82) is 0 Å². The SMILES string of the molecule is O=C(NC(Cc1ccncc1Cl)C(=O)O)OCC1c2ccccc2-c2ccccc21. The van der Waals surface area contributed by atoms with Crippen molar-refractivity contribution in [2.45, 2.75) is 18.4 Å². The average molecular weight is 423 g/mol. The molecule has 30 heavy (non-hydrogen) atoms. The van der Waals surface area contributed by atoms with Gasteiger partial charge in [-0.05, 0) is 33.9 Å². The van der Waals surface area contributed by atoms with Gasteiger partial charge in [0, 0.05) is 24.7 Å². The Balaban J connectivity index is 1.44. The normalized spacial score (nSPS) is 13.2. The number of aromatic nitrogens is 1. The van der Waals surface area contributed by atoms with Gasteiger partial charge in [-0.15, -0.1) is 0 Å². The van der Waals surface area contributed by atoms with Crippen molar-refractivity contribution in [3.63, 3.8) is 0 Å². The first kappa shape index (κ1) is 19.9. The van der Waals surface area contributed by atoms with E-state index in [0.717, 1.165) is 22.3 Å². The molecule has 1 heterocycles. The number of fused-ring (bicyclic) bond motifs is 3. The standard InChI is InChI=1S/C23H19ClN2O4/c24-20-12-25-10-9-14(20)11-21(22(27)28)26-23(29)30-13-19-17-7-3-1-5-15(17)16-6-2-4-8-18(16)19/h1-10,12,19,21H,11,13H2,(H,26,29)(H,27,28). The molecule has 0 radical (unpaired) electrons. The zero-order valence-electron chi connectivity index (χ0n) is 15.9. The maximum atomic E-state index is 12.4. The lowest BCUT2D eigenvalue weighted by atomic mass is 9.98. The van der Waals surface area contributed by atoms with Crippen molar-refractivity contribution < 1.29 is 19.4 Å². The Morgan fingerprint density at radius 3 is 2.30 bits per heavy atom. The van der Waals surface area contributed by atoms with Crippen LogP contribution in [0.4, 0.5) is 4.79 Å². The van der Waals surface area contributed by atoms with E-state index >= 15 is 0 Å². The summed E-state index contributed by atoms with van der Waals surface area (Å²) in [6, 6.07) is 16.5. The van der Waals surface area contributed by atoms with E-state index in [1.165, 1.54) is 12.4 Å². The van der Waals surface area contributed by atoms with Gasteiger partial charge in [0.1, 0.15) is 12.6 Å². The molecule has 1 aliphatic rings. The van der Waals surface area contributed by atoms with Crippen molar-refractivity contribution in [2.75, 3.05) is 6.61 Å². The number of pyridine rings is 1. The molecular formula is C23H19ClN2O4. The molecule has 1 aliphatic carbocycles. The average Bonchev–Trinajstić information content (AvgIpc) is 3.07. The third-order valence-electron chi connectivity index (χ3n) is 5.21. The number of halogens is 1. The summed E-state index contributed by atoms with van der Waals surface area (Å²) in [7, 11) is 0. The van der Waals surface area contributed by atoms with E-state index in [4.69, 9.17) is 16.3 Å². The van der Waals surface area contributed by atoms with Crippen molar-refractivity contribution in [3.8, 4) is 11.1 Å². The summed E-state index contributed by atoms with van der Waals surface area (Å²) in [6.45, 7) is 0.113. The van der Waals surface area contributed by atoms with Crippen LogP contribution in [-0.4, -0.2) is 34.8 Å². The number of hydrogen-bond donors (Lipinski definition) is 2. The third kappa shape index (κ3) is 4.00. The van der Waals surface area contributed by atoms with Gasteiger partial charge in [0.15, 0.2) is 0 Å². The van der Waals surface area contributed by atoms with E-state index < -0.39 is 18.1 Å². The van der Waals surface area contributed by atoms with Crippen molar-refractivity contribution in [2.24, 2.45) is 0 Å². The van der Waals surface area contributed by atoms with Crippen LogP contribution < -0.4 is 5.32 Å². The van der Waals surface area contributed by atoms with Gasteiger partial charge in [-0.3, -0.25) is 4.98 Å². The summed E-state index contributed by atoms with van der Waals surface area (Å²) >= 11 is 6.05. The molecule has 1 unspecified atom stereocenters. The number of amides is 1. The largest absolute Gasteiger partial charge is 0.480 e. The highest BCUT2D eigenvalue weighted by atomic mass is 35.5. The zero-order chi connectivity index (χ0) is 21.1. The highest BCUT2D eigenvalue weighted by Crippen LogP contribution is 2.44. The second kappa shape index (κ2) is 8.55. The number of carboxylic acid groups (broad SMARTS) is 1. The van der Waals surface area contributed by atoms with Gasteiger partial charge >= 0.3 is 12.1 Å². The van der Waals surface area contributed by atoms with Crippen LogP contribution in [0.3, 0.4) is 0 Å². The zero-order valence-corrected chi connectivity index (χ0v) is 16.7. The van der Waals surface area contributed by atoms with Gasteiger partial charge in [0.05, 0.1) is 5.02 Å². The lowest BCUT2D eigenvalue weighted by Crippen LogP contribution is -2.43. The molecule has 1 amide bonds. The Hall–Kier alpha value is -3.38. The molecule has 152 valence electrons. The Morgan fingerprint density at radius 2 is 1.70 bits per heavy atom. The number of nitrogens with one attached hydrogen (secondary N) is 1. The number of benzene rings is 2. The molecule has 2 aromatic carbocycles. The molecule has 4 rings (SSSR count). The second-order valence-corrected chi connectivity index (χ2v) is 7.44. The molecule has 0 saturated heterocycles. The lowest BCUT2D eigenvalue weighted by Gasteiger charge is -2.18. The minimum Gasteiger partial charge on any atom is -0.480 e. The first-order valence-electron chi connectivity index (χ1n) is 9.47. The molecule has 1 atom stereocenters. The monoisotopic (exact) mass is 422 g/mol. The summed E-state index contributed by atoms with van der Waals surface area (Å²) in [6.07, 6.45) is 2.20. The van der Waals surface area contributed by atoms with E-state index in [0.29, 0.717) is 10.6 Å². The molecule has 7 heteroatoms.